The Morgan fingerprint density at radius 1 is 0.783 bits per heavy atom. The van der Waals surface area contributed by atoms with Crippen LogP contribution in [-0.2, 0) is 10.7 Å². The Kier molecular flexibility index (Phi) is 11.9. The summed E-state index contributed by atoms with van der Waals surface area (Å²) in [6, 6.07) is 4.16. The van der Waals surface area contributed by atoms with Gasteiger partial charge in [0.05, 0.1) is 13.7 Å². The van der Waals surface area contributed by atoms with E-state index in [0.29, 0.717) is 0 Å². The minimum absolute atomic E-state index is 0.771. The van der Waals surface area contributed by atoms with Gasteiger partial charge in [-0.05, 0) is 18.6 Å². The molecule has 4 heteroatoms. The Hall–Kier alpha value is -0.220. The van der Waals surface area contributed by atoms with Gasteiger partial charge in [0.1, 0.15) is 11.5 Å². The molecular formula is C19H30Br2O2. The highest BCUT2D eigenvalue weighted by molar-refractivity contribution is 9.08. The summed E-state index contributed by atoms with van der Waals surface area (Å²) in [7, 11) is 1.71. The summed E-state index contributed by atoms with van der Waals surface area (Å²) >= 11 is 7.05. The predicted octanol–water partition coefficient (Wildman–Crippen LogP) is 7.00. The van der Waals surface area contributed by atoms with Gasteiger partial charge in [0.2, 0.25) is 0 Å². The number of ether oxygens (including phenoxy) is 2. The first kappa shape index (κ1) is 20.8. The van der Waals surface area contributed by atoms with Gasteiger partial charge in [0, 0.05) is 21.8 Å². The molecular weight excluding hydrogens is 420 g/mol. The van der Waals surface area contributed by atoms with Crippen LogP contribution in [0.4, 0.5) is 0 Å². The number of benzene rings is 1. The Bertz CT molecular complexity index is 436. The number of methoxy groups -OCH3 is 1. The van der Waals surface area contributed by atoms with Crippen LogP contribution in [0.15, 0.2) is 12.1 Å². The van der Waals surface area contributed by atoms with Crippen LogP contribution in [0.1, 0.15) is 69.4 Å². The first-order chi connectivity index (χ1) is 11.3. The van der Waals surface area contributed by atoms with Gasteiger partial charge in [-0.25, -0.2) is 0 Å². The second-order valence-electron chi connectivity index (χ2n) is 5.86. The van der Waals surface area contributed by atoms with E-state index >= 15 is 0 Å². The molecule has 0 aliphatic heterocycles. The molecule has 1 aromatic rings. The molecule has 0 spiro atoms. The molecule has 0 aliphatic carbocycles. The lowest BCUT2D eigenvalue weighted by molar-refractivity contribution is 0.301. The first-order valence-electron chi connectivity index (χ1n) is 8.71. The van der Waals surface area contributed by atoms with E-state index in [-0.39, 0.29) is 0 Å². The van der Waals surface area contributed by atoms with Crippen molar-refractivity contribution in [2.24, 2.45) is 0 Å². The maximum Gasteiger partial charge on any atom is 0.123 e. The van der Waals surface area contributed by atoms with Crippen molar-refractivity contribution in [2.75, 3.05) is 13.7 Å². The van der Waals surface area contributed by atoms with Crippen LogP contribution in [0.25, 0.3) is 0 Å². The quantitative estimate of drug-likeness (QED) is 0.238. The minimum Gasteiger partial charge on any atom is -0.496 e. The van der Waals surface area contributed by atoms with Gasteiger partial charge in [-0.3, -0.25) is 0 Å². The highest BCUT2D eigenvalue weighted by Gasteiger charge is 2.10. The van der Waals surface area contributed by atoms with E-state index in [4.69, 9.17) is 9.47 Å². The normalized spacial score (nSPS) is 10.8. The first-order valence-corrected chi connectivity index (χ1v) is 11.0. The summed E-state index contributed by atoms with van der Waals surface area (Å²) in [5.41, 5.74) is 2.27. The minimum atomic E-state index is 0.771. The number of hydrogen-bond acceptors (Lipinski definition) is 2. The molecule has 0 N–H and O–H groups in total. The molecule has 132 valence electrons. The summed E-state index contributed by atoms with van der Waals surface area (Å²) in [5.74, 6) is 1.89. The van der Waals surface area contributed by atoms with Gasteiger partial charge >= 0.3 is 0 Å². The van der Waals surface area contributed by atoms with Gasteiger partial charge in [-0.15, -0.1) is 0 Å². The SMILES string of the molecule is CCCCCCCCCCOc1cc(CBr)c(OC)cc1CBr. The standard InChI is InChI=1S/C19H30Br2O2/c1-3-4-5-6-7-8-9-10-11-23-19-13-16(14-20)18(22-2)12-17(19)15-21/h12-13H,3-11,14-15H2,1-2H3. The molecule has 1 aromatic carbocycles. The Morgan fingerprint density at radius 2 is 1.30 bits per heavy atom. The van der Waals surface area contributed by atoms with Gasteiger partial charge in [-0.1, -0.05) is 83.7 Å². The van der Waals surface area contributed by atoms with Crippen LogP contribution in [0.3, 0.4) is 0 Å². The zero-order chi connectivity index (χ0) is 16.9. The second-order valence-corrected chi connectivity index (χ2v) is 6.98. The Balaban J connectivity index is 2.34. The summed E-state index contributed by atoms with van der Waals surface area (Å²) in [6.45, 7) is 3.06. The van der Waals surface area contributed by atoms with E-state index in [0.717, 1.165) is 46.3 Å². The summed E-state index contributed by atoms with van der Waals surface area (Å²) in [4.78, 5) is 0. The fraction of sp³-hybridized carbons (Fsp3) is 0.684. The van der Waals surface area contributed by atoms with Crippen molar-refractivity contribution < 1.29 is 9.47 Å². The molecule has 0 amide bonds. The van der Waals surface area contributed by atoms with Crippen LogP contribution in [-0.4, -0.2) is 13.7 Å². The van der Waals surface area contributed by atoms with E-state index in [9.17, 15) is 0 Å². The molecule has 0 fully saturated rings. The third-order valence-corrected chi connectivity index (χ3v) is 5.22. The fourth-order valence-corrected chi connectivity index (χ4v) is 3.47. The average Bonchev–Trinajstić information content (AvgIpc) is 2.59. The van der Waals surface area contributed by atoms with Gasteiger partial charge in [0.25, 0.3) is 0 Å². The number of alkyl halides is 2. The van der Waals surface area contributed by atoms with E-state index in [2.05, 4.69) is 50.9 Å². The van der Waals surface area contributed by atoms with Crippen LogP contribution in [0.5, 0.6) is 11.5 Å². The second kappa shape index (κ2) is 13.1. The highest BCUT2D eigenvalue weighted by atomic mass is 79.9. The van der Waals surface area contributed by atoms with Crippen molar-refractivity contribution in [1.29, 1.82) is 0 Å². The summed E-state index contributed by atoms with van der Waals surface area (Å²) < 4.78 is 11.4. The molecule has 0 bridgehead atoms. The number of halogens is 2. The zero-order valence-electron chi connectivity index (χ0n) is 14.5. The number of hydrogen-bond donors (Lipinski definition) is 0. The predicted molar refractivity (Wildman–Crippen MR) is 106 cm³/mol. The van der Waals surface area contributed by atoms with E-state index < -0.39 is 0 Å². The zero-order valence-corrected chi connectivity index (χ0v) is 17.7. The van der Waals surface area contributed by atoms with Gasteiger partial charge in [0.15, 0.2) is 0 Å². The average molecular weight is 450 g/mol. The van der Waals surface area contributed by atoms with Crippen LogP contribution < -0.4 is 9.47 Å². The van der Waals surface area contributed by atoms with E-state index in [1.54, 1.807) is 7.11 Å². The summed E-state index contributed by atoms with van der Waals surface area (Å²) in [5, 5.41) is 1.55. The topological polar surface area (TPSA) is 18.5 Å². The molecule has 0 atom stereocenters. The van der Waals surface area contributed by atoms with E-state index in [1.807, 2.05) is 0 Å². The smallest absolute Gasteiger partial charge is 0.123 e. The Labute approximate surface area is 158 Å². The maximum absolute atomic E-state index is 6.01. The van der Waals surface area contributed by atoms with Crippen molar-refractivity contribution in [2.45, 2.75) is 69.0 Å². The molecule has 0 heterocycles. The lowest BCUT2D eigenvalue weighted by Crippen LogP contribution is -2.02. The van der Waals surface area contributed by atoms with Crippen molar-refractivity contribution in [3.05, 3.63) is 23.3 Å². The highest BCUT2D eigenvalue weighted by Crippen LogP contribution is 2.32. The largest absolute Gasteiger partial charge is 0.496 e. The third kappa shape index (κ3) is 7.93. The lowest BCUT2D eigenvalue weighted by Gasteiger charge is -2.14. The van der Waals surface area contributed by atoms with Gasteiger partial charge in [-0.2, -0.15) is 0 Å². The molecule has 0 radical (unpaired) electrons. The van der Waals surface area contributed by atoms with E-state index in [1.165, 1.54) is 44.9 Å². The number of rotatable bonds is 13. The van der Waals surface area contributed by atoms with Crippen LogP contribution in [0, 0.1) is 0 Å². The monoisotopic (exact) mass is 448 g/mol. The van der Waals surface area contributed by atoms with Gasteiger partial charge < -0.3 is 9.47 Å². The van der Waals surface area contributed by atoms with Crippen molar-refractivity contribution >= 4 is 31.9 Å². The molecule has 0 saturated heterocycles. The van der Waals surface area contributed by atoms with Crippen LogP contribution in [0.2, 0.25) is 0 Å². The lowest BCUT2D eigenvalue weighted by atomic mass is 10.1. The fourth-order valence-electron chi connectivity index (χ4n) is 2.60. The Morgan fingerprint density at radius 3 is 1.87 bits per heavy atom. The van der Waals surface area contributed by atoms with Crippen LogP contribution >= 0.6 is 31.9 Å². The molecule has 0 unspecified atom stereocenters. The number of unbranched alkanes of at least 4 members (excludes halogenated alkanes) is 7. The summed E-state index contributed by atoms with van der Waals surface area (Å²) in [6.07, 6.45) is 10.6. The van der Waals surface area contributed by atoms with Crippen molar-refractivity contribution in [3.63, 3.8) is 0 Å². The molecule has 2 nitrogen and oxygen atoms in total. The maximum atomic E-state index is 6.01. The third-order valence-electron chi connectivity index (χ3n) is 4.01. The molecule has 23 heavy (non-hydrogen) atoms. The van der Waals surface area contributed by atoms with Crippen molar-refractivity contribution in [1.82, 2.24) is 0 Å². The molecule has 1 rings (SSSR count). The molecule has 0 saturated carbocycles. The molecule has 0 aromatic heterocycles. The van der Waals surface area contributed by atoms with Crippen molar-refractivity contribution in [3.8, 4) is 11.5 Å². The molecule has 0 aliphatic rings.